The molecule has 0 aliphatic carbocycles. The quantitative estimate of drug-likeness (QED) is 0.110. The van der Waals surface area contributed by atoms with Gasteiger partial charge in [-0.25, -0.2) is 4.98 Å². The van der Waals surface area contributed by atoms with Crippen LogP contribution in [0.25, 0.3) is 17.3 Å². The Hall–Kier alpha value is -4.99. The molecule has 44 heavy (non-hydrogen) atoms. The molecule has 1 heterocycles. The van der Waals surface area contributed by atoms with E-state index >= 15 is 0 Å². The number of thiazole rings is 1. The highest BCUT2D eigenvalue weighted by Crippen LogP contribution is 2.28. The summed E-state index contributed by atoms with van der Waals surface area (Å²) in [6, 6.07) is 33.4. The maximum absolute atomic E-state index is 13.3. The van der Waals surface area contributed by atoms with Crippen LogP contribution in [-0.4, -0.2) is 28.0 Å². The van der Waals surface area contributed by atoms with E-state index in [9.17, 15) is 14.4 Å². The number of aryl methyl sites for hydroxylation is 1. The van der Waals surface area contributed by atoms with E-state index in [-0.39, 0.29) is 22.8 Å². The maximum atomic E-state index is 13.3. The molecule has 0 bridgehead atoms. The molecule has 0 saturated carbocycles. The van der Waals surface area contributed by atoms with Crippen LogP contribution in [0.1, 0.15) is 28.4 Å². The summed E-state index contributed by atoms with van der Waals surface area (Å²) in [6.45, 7) is 3.80. The Morgan fingerprint density at radius 2 is 1.55 bits per heavy atom. The number of rotatable bonds is 10. The lowest BCUT2D eigenvalue weighted by Crippen LogP contribution is -2.30. The van der Waals surface area contributed by atoms with Gasteiger partial charge in [-0.15, -0.1) is 23.1 Å². The highest BCUT2D eigenvalue weighted by Gasteiger charge is 2.18. The molecule has 4 aromatic carbocycles. The number of carbonyl (C=O) groups excluding carboxylic acids is 3. The zero-order valence-corrected chi connectivity index (χ0v) is 25.7. The van der Waals surface area contributed by atoms with Gasteiger partial charge in [0, 0.05) is 27.1 Å². The number of amides is 3. The maximum Gasteiger partial charge on any atom is 0.272 e. The van der Waals surface area contributed by atoms with Gasteiger partial charge < -0.3 is 16.0 Å². The van der Waals surface area contributed by atoms with Crippen LogP contribution in [0.4, 0.5) is 10.8 Å². The molecule has 1 atom stereocenters. The van der Waals surface area contributed by atoms with Crippen molar-refractivity contribution in [3.05, 3.63) is 137 Å². The summed E-state index contributed by atoms with van der Waals surface area (Å²) in [5.74, 6) is -0.989. The fourth-order valence-corrected chi connectivity index (χ4v) is 5.81. The molecule has 0 fully saturated rings. The molecule has 3 N–H and O–H groups in total. The number of anilines is 2. The normalized spacial score (nSPS) is 11.8. The van der Waals surface area contributed by atoms with Crippen LogP contribution in [0.3, 0.4) is 0 Å². The van der Waals surface area contributed by atoms with Crippen LogP contribution >= 0.6 is 23.1 Å². The summed E-state index contributed by atoms with van der Waals surface area (Å²) in [6.07, 6.45) is 1.65. The van der Waals surface area contributed by atoms with Gasteiger partial charge in [-0.05, 0) is 61.9 Å². The number of benzene rings is 4. The van der Waals surface area contributed by atoms with Gasteiger partial charge in [0.1, 0.15) is 5.70 Å². The summed E-state index contributed by atoms with van der Waals surface area (Å²) in [5, 5.41) is 10.6. The molecule has 0 radical (unpaired) electrons. The molecule has 5 rings (SSSR count). The molecule has 220 valence electrons. The van der Waals surface area contributed by atoms with E-state index in [1.807, 2.05) is 92.0 Å². The summed E-state index contributed by atoms with van der Waals surface area (Å²) < 4.78 is 0. The SMILES string of the molecule is Cc1cccc(/C=C(\NC(=O)c2ccccc2)C(=O)Nc2ccc(SC(C)C(=O)Nc3nc(-c4ccccc4)cs3)cc2)c1. The van der Waals surface area contributed by atoms with Gasteiger partial charge in [0.25, 0.3) is 11.8 Å². The average Bonchev–Trinajstić information content (AvgIpc) is 3.51. The largest absolute Gasteiger partial charge is 0.321 e. The molecule has 5 aromatic rings. The van der Waals surface area contributed by atoms with Crippen molar-refractivity contribution >= 4 is 57.7 Å². The molecule has 0 aliphatic heterocycles. The number of nitrogens with one attached hydrogen (secondary N) is 3. The standard InChI is InChI=1S/C35H30N4O3S2/c1-23-10-9-11-25(20-23)21-30(37-33(41)27-14-7-4-8-15-27)34(42)36-28-16-18-29(19-17-28)44-24(2)32(40)39-35-38-31(22-43-35)26-12-5-3-6-13-26/h3-22,24H,1-2H3,(H,36,42)(H,37,41)(H,38,39,40)/b30-21-. The van der Waals surface area contributed by atoms with Crippen LogP contribution in [0.5, 0.6) is 0 Å². The number of hydrogen-bond donors (Lipinski definition) is 3. The second-order valence-corrected chi connectivity index (χ2v) is 12.2. The Bertz CT molecular complexity index is 1790. The third kappa shape index (κ3) is 8.31. The topological polar surface area (TPSA) is 100 Å². The lowest BCUT2D eigenvalue weighted by molar-refractivity contribution is -0.115. The van der Waals surface area contributed by atoms with Gasteiger partial charge in [0.15, 0.2) is 5.13 Å². The first-order chi connectivity index (χ1) is 21.3. The predicted octanol–water partition coefficient (Wildman–Crippen LogP) is 7.65. The Kier molecular flexibility index (Phi) is 10.0. The van der Waals surface area contributed by atoms with Crippen LogP contribution < -0.4 is 16.0 Å². The number of carbonyl (C=O) groups is 3. The second-order valence-electron chi connectivity index (χ2n) is 9.92. The molecule has 0 aliphatic rings. The van der Waals surface area contributed by atoms with Crippen molar-refractivity contribution in [3.8, 4) is 11.3 Å². The monoisotopic (exact) mass is 618 g/mol. The molecule has 1 unspecified atom stereocenters. The first-order valence-corrected chi connectivity index (χ1v) is 15.6. The number of hydrogen-bond acceptors (Lipinski definition) is 6. The van der Waals surface area contributed by atoms with Gasteiger partial charge in [-0.3, -0.25) is 14.4 Å². The third-order valence-electron chi connectivity index (χ3n) is 6.48. The Morgan fingerprint density at radius 1 is 0.841 bits per heavy atom. The fourth-order valence-electron chi connectivity index (χ4n) is 4.22. The van der Waals surface area contributed by atoms with E-state index in [4.69, 9.17) is 0 Å². The summed E-state index contributed by atoms with van der Waals surface area (Å²) >= 11 is 2.79. The van der Waals surface area contributed by atoms with E-state index < -0.39 is 5.91 Å². The lowest BCUT2D eigenvalue weighted by atomic mass is 10.1. The Morgan fingerprint density at radius 3 is 2.25 bits per heavy atom. The smallest absolute Gasteiger partial charge is 0.272 e. The first kappa shape index (κ1) is 30.5. The molecule has 9 heteroatoms. The van der Waals surface area contributed by atoms with Crippen molar-refractivity contribution in [1.82, 2.24) is 10.3 Å². The minimum atomic E-state index is -0.456. The number of aromatic nitrogens is 1. The lowest BCUT2D eigenvalue weighted by Gasteiger charge is -2.13. The minimum absolute atomic E-state index is 0.116. The molecular weight excluding hydrogens is 589 g/mol. The van der Waals surface area contributed by atoms with Crippen LogP contribution in [-0.2, 0) is 9.59 Å². The highest BCUT2D eigenvalue weighted by molar-refractivity contribution is 8.00. The molecule has 3 amide bonds. The molecular formula is C35H30N4O3S2. The van der Waals surface area contributed by atoms with Crippen molar-refractivity contribution in [2.45, 2.75) is 24.0 Å². The van der Waals surface area contributed by atoms with Gasteiger partial charge >= 0.3 is 0 Å². The van der Waals surface area contributed by atoms with Crippen LogP contribution in [0, 0.1) is 6.92 Å². The van der Waals surface area contributed by atoms with E-state index in [1.54, 1.807) is 42.5 Å². The summed E-state index contributed by atoms with van der Waals surface area (Å²) in [4.78, 5) is 44.5. The number of nitrogens with zero attached hydrogens (tertiary/aromatic N) is 1. The van der Waals surface area contributed by atoms with Gasteiger partial charge in [0.2, 0.25) is 5.91 Å². The summed E-state index contributed by atoms with van der Waals surface area (Å²) in [7, 11) is 0. The summed E-state index contributed by atoms with van der Waals surface area (Å²) in [5.41, 5.74) is 4.75. The van der Waals surface area contributed by atoms with Gasteiger partial charge in [-0.2, -0.15) is 0 Å². The van der Waals surface area contributed by atoms with Crippen molar-refractivity contribution in [2.24, 2.45) is 0 Å². The fraction of sp³-hybridized carbons (Fsp3) is 0.0857. The second kappa shape index (κ2) is 14.5. The van der Waals surface area contributed by atoms with Crippen molar-refractivity contribution in [1.29, 1.82) is 0 Å². The minimum Gasteiger partial charge on any atom is -0.321 e. The number of thioether (sulfide) groups is 1. The van der Waals surface area contributed by atoms with Crippen LogP contribution in [0.2, 0.25) is 0 Å². The van der Waals surface area contributed by atoms with Crippen molar-refractivity contribution in [2.75, 3.05) is 10.6 Å². The molecule has 7 nitrogen and oxygen atoms in total. The Labute approximate surface area is 264 Å². The zero-order chi connectivity index (χ0) is 30.9. The predicted molar refractivity (Wildman–Crippen MR) is 180 cm³/mol. The zero-order valence-electron chi connectivity index (χ0n) is 24.1. The van der Waals surface area contributed by atoms with E-state index in [0.717, 1.165) is 27.3 Å². The molecule has 0 spiro atoms. The van der Waals surface area contributed by atoms with Gasteiger partial charge in [0.05, 0.1) is 10.9 Å². The third-order valence-corrected chi connectivity index (χ3v) is 8.35. The first-order valence-electron chi connectivity index (χ1n) is 13.9. The van der Waals surface area contributed by atoms with Crippen LogP contribution in [0.15, 0.2) is 125 Å². The molecule has 1 aromatic heterocycles. The van der Waals surface area contributed by atoms with E-state index in [0.29, 0.717) is 16.4 Å². The van der Waals surface area contributed by atoms with Crippen molar-refractivity contribution < 1.29 is 14.4 Å². The van der Waals surface area contributed by atoms with E-state index in [2.05, 4.69) is 20.9 Å². The van der Waals surface area contributed by atoms with Crippen molar-refractivity contribution in [3.63, 3.8) is 0 Å². The van der Waals surface area contributed by atoms with E-state index in [1.165, 1.54) is 23.1 Å². The highest BCUT2D eigenvalue weighted by atomic mass is 32.2. The Balaban J connectivity index is 1.21. The average molecular weight is 619 g/mol. The van der Waals surface area contributed by atoms with Gasteiger partial charge in [-0.1, -0.05) is 78.4 Å². The molecule has 0 saturated heterocycles.